The molecule has 0 saturated heterocycles. The molecule has 0 radical (unpaired) electrons. The number of pyridine rings is 1. The molecule has 0 amide bonds. The Hall–Kier alpha value is -1.61. The number of halogens is 1. The van der Waals surface area contributed by atoms with Crippen LogP contribution in [-0.4, -0.2) is 22.1 Å². The Bertz CT molecular complexity index is 566. The molecule has 2 heterocycles. The lowest BCUT2D eigenvalue weighted by Gasteiger charge is -2.03. The van der Waals surface area contributed by atoms with E-state index in [1.807, 2.05) is 41.8 Å². The second kappa shape index (κ2) is 4.49. The molecule has 82 valence electrons. The molecule has 0 aliphatic heterocycles. The number of allylic oxidation sites excluding steroid dienone is 2. The SMILES string of the molecule is CC=C(Cl)C(=NC)c1cnc2ccccn12. The Labute approximate surface area is 99.1 Å². The van der Waals surface area contributed by atoms with E-state index in [0.717, 1.165) is 17.1 Å². The van der Waals surface area contributed by atoms with Crippen LogP contribution in [-0.2, 0) is 0 Å². The predicted molar refractivity (Wildman–Crippen MR) is 67.3 cm³/mol. The summed E-state index contributed by atoms with van der Waals surface area (Å²) in [7, 11) is 1.73. The van der Waals surface area contributed by atoms with E-state index in [0.29, 0.717) is 5.03 Å². The topological polar surface area (TPSA) is 29.7 Å². The zero-order valence-electron chi connectivity index (χ0n) is 9.18. The van der Waals surface area contributed by atoms with Crippen molar-refractivity contribution in [2.45, 2.75) is 6.92 Å². The van der Waals surface area contributed by atoms with E-state index >= 15 is 0 Å². The smallest absolute Gasteiger partial charge is 0.137 e. The molecule has 2 rings (SSSR count). The van der Waals surface area contributed by atoms with Gasteiger partial charge in [-0.2, -0.15) is 0 Å². The Morgan fingerprint density at radius 3 is 3.00 bits per heavy atom. The maximum absolute atomic E-state index is 6.11. The number of imidazole rings is 1. The number of nitrogens with zero attached hydrogens (tertiary/aromatic N) is 3. The highest BCUT2D eigenvalue weighted by molar-refractivity contribution is 6.46. The molecule has 3 nitrogen and oxygen atoms in total. The van der Waals surface area contributed by atoms with Crippen molar-refractivity contribution in [2.24, 2.45) is 4.99 Å². The number of hydrogen-bond donors (Lipinski definition) is 0. The highest BCUT2D eigenvalue weighted by Gasteiger charge is 2.11. The molecule has 0 saturated carbocycles. The molecule has 2 aromatic rings. The van der Waals surface area contributed by atoms with E-state index in [4.69, 9.17) is 11.6 Å². The number of fused-ring (bicyclic) bond motifs is 1. The van der Waals surface area contributed by atoms with Gasteiger partial charge in [0.1, 0.15) is 11.4 Å². The van der Waals surface area contributed by atoms with Crippen molar-refractivity contribution in [2.75, 3.05) is 7.05 Å². The number of rotatable bonds is 2. The van der Waals surface area contributed by atoms with Crippen molar-refractivity contribution in [3.8, 4) is 0 Å². The molecule has 0 aliphatic carbocycles. The molecular weight excluding hydrogens is 222 g/mol. The van der Waals surface area contributed by atoms with Gasteiger partial charge >= 0.3 is 0 Å². The highest BCUT2D eigenvalue weighted by atomic mass is 35.5. The first-order valence-corrected chi connectivity index (χ1v) is 5.37. The van der Waals surface area contributed by atoms with Crippen LogP contribution in [0.25, 0.3) is 5.65 Å². The normalized spacial score (nSPS) is 13.4. The number of aliphatic imine (C=N–C) groups is 1. The van der Waals surface area contributed by atoms with Crippen LogP contribution in [0.1, 0.15) is 12.6 Å². The Morgan fingerprint density at radius 2 is 2.31 bits per heavy atom. The van der Waals surface area contributed by atoms with Gasteiger partial charge in [0, 0.05) is 13.2 Å². The Balaban J connectivity index is 2.63. The van der Waals surface area contributed by atoms with Crippen molar-refractivity contribution in [3.05, 3.63) is 47.4 Å². The molecule has 2 aromatic heterocycles. The van der Waals surface area contributed by atoms with Crippen LogP contribution in [0.4, 0.5) is 0 Å². The van der Waals surface area contributed by atoms with Gasteiger partial charge in [0.15, 0.2) is 0 Å². The molecule has 0 aliphatic rings. The number of aromatic nitrogens is 2. The van der Waals surface area contributed by atoms with E-state index < -0.39 is 0 Å². The highest BCUT2D eigenvalue weighted by Crippen LogP contribution is 2.14. The molecule has 0 atom stereocenters. The van der Waals surface area contributed by atoms with E-state index in [-0.39, 0.29) is 0 Å². The Morgan fingerprint density at radius 1 is 1.50 bits per heavy atom. The predicted octanol–water partition coefficient (Wildman–Crippen LogP) is 2.90. The van der Waals surface area contributed by atoms with Crippen molar-refractivity contribution in [1.82, 2.24) is 9.38 Å². The summed E-state index contributed by atoms with van der Waals surface area (Å²) >= 11 is 6.11. The quantitative estimate of drug-likeness (QED) is 0.734. The lowest BCUT2D eigenvalue weighted by Crippen LogP contribution is -2.04. The molecule has 0 N–H and O–H groups in total. The molecule has 16 heavy (non-hydrogen) atoms. The van der Waals surface area contributed by atoms with Crippen LogP contribution < -0.4 is 0 Å². The van der Waals surface area contributed by atoms with Crippen LogP contribution >= 0.6 is 11.6 Å². The number of hydrogen-bond acceptors (Lipinski definition) is 2. The summed E-state index contributed by atoms with van der Waals surface area (Å²) in [6.07, 6.45) is 5.55. The van der Waals surface area contributed by atoms with Crippen LogP contribution in [0.5, 0.6) is 0 Å². The van der Waals surface area contributed by atoms with E-state index in [1.165, 1.54) is 0 Å². The summed E-state index contributed by atoms with van der Waals surface area (Å²) in [4.78, 5) is 8.51. The summed E-state index contributed by atoms with van der Waals surface area (Å²) < 4.78 is 1.97. The van der Waals surface area contributed by atoms with Gasteiger partial charge in [-0.3, -0.25) is 9.39 Å². The molecule has 0 unspecified atom stereocenters. The van der Waals surface area contributed by atoms with Gasteiger partial charge in [-0.15, -0.1) is 0 Å². The summed E-state index contributed by atoms with van der Waals surface area (Å²) in [5.74, 6) is 0. The summed E-state index contributed by atoms with van der Waals surface area (Å²) in [5, 5.41) is 0.633. The zero-order valence-corrected chi connectivity index (χ0v) is 9.94. The molecule has 0 spiro atoms. The Kier molecular flexibility index (Phi) is 3.06. The third kappa shape index (κ3) is 1.74. The third-order valence-electron chi connectivity index (χ3n) is 2.36. The minimum atomic E-state index is 0.633. The lowest BCUT2D eigenvalue weighted by molar-refractivity contribution is 1.16. The fraction of sp³-hybridized carbons (Fsp3) is 0.167. The maximum Gasteiger partial charge on any atom is 0.137 e. The van der Waals surface area contributed by atoms with Crippen LogP contribution in [0.15, 0.2) is 46.7 Å². The minimum absolute atomic E-state index is 0.633. The second-order valence-corrected chi connectivity index (χ2v) is 3.69. The first-order valence-electron chi connectivity index (χ1n) is 4.99. The van der Waals surface area contributed by atoms with Gasteiger partial charge in [0.25, 0.3) is 0 Å². The largest absolute Gasteiger partial charge is 0.298 e. The van der Waals surface area contributed by atoms with Crippen molar-refractivity contribution in [1.29, 1.82) is 0 Å². The van der Waals surface area contributed by atoms with E-state index in [2.05, 4.69) is 9.98 Å². The summed E-state index contributed by atoms with van der Waals surface area (Å²) in [5.41, 5.74) is 2.54. The van der Waals surface area contributed by atoms with Gasteiger partial charge in [0.05, 0.1) is 16.9 Å². The van der Waals surface area contributed by atoms with Crippen LogP contribution in [0, 0.1) is 0 Å². The monoisotopic (exact) mass is 233 g/mol. The van der Waals surface area contributed by atoms with E-state index in [1.54, 1.807) is 13.2 Å². The van der Waals surface area contributed by atoms with Crippen molar-refractivity contribution < 1.29 is 0 Å². The van der Waals surface area contributed by atoms with Crippen LogP contribution in [0.2, 0.25) is 0 Å². The standard InChI is InChI=1S/C12H12ClN3/c1-3-9(13)12(14-2)10-8-15-11-6-4-5-7-16(10)11/h3-8H,1-2H3. The first kappa shape index (κ1) is 10.9. The second-order valence-electron chi connectivity index (χ2n) is 3.28. The fourth-order valence-electron chi connectivity index (χ4n) is 1.59. The van der Waals surface area contributed by atoms with E-state index in [9.17, 15) is 0 Å². The minimum Gasteiger partial charge on any atom is -0.298 e. The van der Waals surface area contributed by atoms with Gasteiger partial charge in [-0.25, -0.2) is 4.98 Å². The van der Waals surface area contributed by atoms with Crippen LogP contribution in [0.3, 0.4) is 0 Å². The summed E-state index contributed by atoms with van der Waals surface area (Å²) in [6, 6.07) is 5.85. The lowest BCUT2D eigenvalue weighted by atomic mass is 10.2. The third-order valence-corrected chi connectivity index (χ3v) is 2.76. The maximum atomic E-state index is 6.11. The van der Waals surface area contributed by atoms with Crippen molar-refractivity contribution in [3.63, 3.8) is 0 Å². The van der Waals surface area contributed by atoms with Gasteiger partial charge in [-0.05, 0) is 19.1 Å². The fourth-order valence-corrected chi connectivity index (χ4v) is 1.77. The molecule has 0 bridgehead atoms. The molecule has 4 heteroatoms. The van der Waals surface area contributed by atoms with Gasteiger partial charge in [0.2, 0.25) is 0 Å². The molecule has 0 aromatic carbocycles. The molecular formula is C12H12ClN3. The average Bonchev–Trinajstić information content (AvgIpc) is 2.74. The van der Waals surface area contributed by atoms with Crippen molar-refractivity contribution >= 4 is 23.0 Å². The summed E-state index contributed by atoms with van der Waals surface area (Å²) in [6.45, 7) is 1.89. The average molecular weight is 234 g/mol. The zero-order chi connectivity index (χ0) is 11.5. The molecule has 0 fully saturated rings. The first-order chi connectivity index (χ1) is 7.77. The van der Waals surface area contributed by atoms with Gasteiger partial charge < -0.3 is 0 Å². The van der Waals surface area contributed by atoms with Gasteiger partial charge in [-0.1, -0.05) is 23.7 Å².